The summed E-state index contributed by atoms with van der Waals surface area (Å²) in [5, 5.41) is 3.55. The van der Waals surface area contributed by atoms with Crippen LogP contribution in [0.5, 0.6) is 0 Å². The third-order valence-electron chi connectivity index (χ3n) is 5.25. The number of amides is 1. The molecule has 0 atom stereocenters. The molecule has 0 fully saturated rings. The molecule has 3 aromatic heterocycles. The van der Waals surface area contributed by atoms with Crippen LogP contribution in [0.3, 0.4) is 0 Å². The maximum Gasteiger partial charge on any atom is 0.262 e. The number of imidazole rings is 1. The summed E-state index contributed by atoms with van der Waals surface area (Å²) in [5.41, 5.74) is 2.74. The highest BCUT2D eigenvalue weighted by atomic mass is 32.1. The first-order valence-corrected chi connectivity index (χ1v) is 10.6. The minimum absolute atomic E-state index is 0.0891. The fraction of sp³-hybridized carbons (Fsp3) is 0.273. The van der Waals surface area contributed by atoms with Gasteiger partial charge in [-0.05, 0) is 44.0 Å². The van der Waals surface area contributed by atoms with Crippen molar-refractivity contribution in [2.24, 2.45) is 0 Å². The third kappa shape index (κ3) is 4.04. The minimum atomic E-state index is -0.140. The minimum Gasteiger partial charge on any atom is -0.331 e. The van der Waals surface area contributed by atoms with Crippen molar-refractivity contribution in [2.75, 3.05) is 5.32 Å². The van der Waals surface area contributed by atoms with E-state index in [2.05, 4.69) is 19.9 Å². The lowest BCUT2D eigenvalue weighted by atomic mass is 10.2. The van der Waals surface area contributed by atoms with Crippen LogP contribution >= 0.6 is 11.3 Å². The highest BCUT2D eigenvalue weighted by molar-refractivity contribution is 7.18. The SMILES string of the molecule is Cc1sc2ncn(CCC(=O)Nc3ccc(Cn4ccnc4C)cc3)c(=O)c2c1C. The van der Waals surface area contributed by atoms with Crippen LogP contribution < -0.4 is 10.9 Å². The van der Waals surface area contributed by atoms with Crippen molar-refractivity contribution in [3.05, 3.63) is 75.2 Å². The quantitative estimate of drug-likeness (QED) is 0.515. The van der Waals surface area contributed by atoms with Crippen LogP contribution in [0.2, 0.25) is 0 Å². The zero-order valence-electron chi connectivity index (χ0n) is 17.2. The van der Waals surface area contributed by atoms with Gasteiger partial charge >= 0.3 is 0 Å². The van der Waals surface area contributed by atoms with Crippen molar-refractivity contribution >= 4 is 33.1 Å². The van der Waals surface area contributed by atoms with Crippen LogP contribution in [0.4, 0.5) is 5.69 Å². The van der Waals surface area contributed by atoms with Gasteiger partial charge in [-0.3, -0.25) is 14.2 Å². The Balaban J connectivity index is 1.37. The van der Waals surface area contributed by atoms with E-state index in [1.807, 2.05) is 51.2 Å². The lowest BCUT2D eigenvalue weighted by Crippen LogP contribution is -2.23. The van der Waals surface area contributed by atoms with E-state index in [0.717, 1.165) is 38.9 Å². The number of nitrogens with one attached hydrogen (secondary N) is 1. The molecule has 0 bridgehead atoms. The summed E-state index contributed by atoms with van der Waals surface area (Å²) >= 11 is 1.52. The van der Waals surface area contributed by atoms with E-state index < -0.39 is 0 Å². The summed E-state index contributed by atoms with van der Waals surface area (Å²) in [5.74, 6) is 0.821. The Bertz CT molecular complexity index is 1270. The Hall–Kier alpha value is -3.26. The Morgan fingerprint density at radius 1 is 1.10 bits per heavy atom. The summed E-state index contributed by atoms with van der Waals surface area (Å²) in [6.07, 6.45) is 5.45. The van der Waals surface area contributed by atoms with E-state index in [9.17, 15) is 9.59 Å². The smallest absolute Gasteiger partial charge is 0.262 e. The van der Waals surface area contributed by atoms with Crippen LogP contribution in [0.1, 0.15) is 28.2 Å². The fourth-order valence-corrected chi connectivity index (χ4v) is 4.32. The average Bonchev–Trinajstić information content (AvgIpc) is 3.25. The van der Waals surface area contributed by atoms with E-state index in [4.69, 9.17) is 0 Å². The summed E-state index contributed by atoms with van der Waals surface area (Å²) in [7, 11) is 0. The van der Waals surface area contributed by atoms with Crippen LogP contribution in [0.25, 0.3) is 10.2 Å². The number of aryl methyl sites for hydroxylation is 4. The molecule has 4 rings (SSSR count). The van der Waals surface area contributed by atoms with E-state index in [0.29, 0.717) is 11.9 Å². The number of carbonyl (C=O) groups excluding carboxylic acids is 1. The molecule has 4 aromatic rings. The summed E-state index contributed by atoms with van der Waals surface area (Å²) in [6.45, 7) is 6.92. The van der Waals surface area contributed by atoms with Crippen LogP contribution in [0.15, 0.2) is 47.8 Å². The molecule has 0 saturated carbocycles. The van der Waals surface area contributed by atoms with Crippen molar-refractivity contribution < 1.29 is 4.79 Å². The number of anilines is 1. The molecule has 7 nitrogen and oxygen atoms in total. The first-order chi connectivity index (χ1) is 14.4. The molecule has 30 heavy (non-hydrogen) atoms. The summed E-state index contributed by atoms with van der Waals surface area (Å²) in [6, 6.07) is 7.74. The predicted molar refractivity (Wildman–Crippen MR) is 119 cm³/mol. The van der Waals surface area contributed by atoms with Gasteiger partial charge in [0.25, 0.3) is 5.56 Å². The fourth-order valence-electron chi connectivity index (χ4n) is 3.34. The molecule has 0 aliphatic heterocycles. The normalized spacial score (nSPS) is 11.2. The van der Waals surface area contributed by atoms with Crippen molar-refractivity contribution in [1.82, 2.24) is 19.1 Å². The number of nitrogens with zero attached hydrogens (tertiary/aromatic N) is 4. The van der Waals surface area contributed by atoms with Crippen LogP contribution in [0, 0.1) is 20.8 Å². The van der Waals surface area contributed by atoms with Crippen molar-refractivity contribution in [1.29, 1.82) is 0 Å². The van der Waals surface area contributed by atoms with Gasteiger partial charge in [0.05, 0.1) is 11.7 Å². The van der Waals surface area contributed by atoms with Gasteiger partial charge in [-0.2, -0.15) is 0 Å². The van der Waals surface area contributed by atoms with Gasteiger partial charge in [-0.25, -0.2) is 9.97 Å². The molecule has 0 spiro atoms. The lowest BCUT2D eigenvalue weighted by Gasteiger charge is -2.09. The number of aromatic nitrogens is 4. The number of benzene rings is 1. The van der Waals surface area contributed by atoms with Gasteiger partial charge in [0.1, 0.15) is 10.7 Å². The number of hydrogen-bond acceptors (Lipinski definition) is 5. The number of carbonyl (C=O) groups is 1. The molecule has 0 radical (unpaired) electrons. The van der Waals surface area contributed by atoms with Crippen molar-refractivity contribution in [3.63, 3.8) is 0 Å². The number of thiophene rings is 1. The van der Waals surface area contributed by atoms with Gasteiger partial charge in [0.15, 0.2) is 0 Å². The first-order valence-electron chi connectivity index (χ1n) is 9.74. The van der Waals surface area contributed by atoms with E-state index in [1.54, 1.807) is 6.20 Å². The molecule has 1 amide bonds. The number of rotatable bonds is 6. The van der Waals surface area contributed by atoms with Gasteiger partial charge in [-0.15, -0.1) is 11.3 Å². The Morgan fingerprint density at radius 2 is 1.87 bits per heavy atom. The lowest BCUT2D eigenvalue weighted by molar-refractivity contribution is -0.116. The summed E-state index contributed by atoms with van der Waals surface area (Å²) in [4.78, 5) is 35.5. The number of hydrogen-bond donors (Lipinski definition) is 1. The molecule has 0 unspecified atom stereocenters. The van der Waals surface area contributed by atoms with Gasteiger partial charge in [0.2, 0.25) is 5.91 Å². The molecule has 1 aromatic carbocycles. The molecule has 8 heteroatoms. The predicted octanol–water partition coefficient (Wildman–Crippen LogP) is 3.66. The molecule has 0 saturated heterocycles. The second-order valence-electron chi connectivity index (χ2n) is 7.30. The summed E-state index contributed by atoms with van der Waals surface area (Å²) < 4.78 is 3.57. The molecule has 0 aliphatic carbocycles. The second kappa shape index (κ2) is 8.23. The molecule has 154 valence electrons. The number of fused-ring (bicyclic) bond motifs is 1. The second-order valence-corrected chi connectivity index (χ2v) is 8.51. The zero-order chi connectivity index (χ0) is 21.3. The highest BCUT2D eigenvalue weighted by Gasteiger charge is 2.13. The van der Waals surface area contributed by atoms with Crippen molar-refractivity contribution in [3.8, 4) is 0 Å². The first kappa shape index (κ1) is 20.0. The van der Waals surface area contributed by atoms with E-state index in [1.165, 1.54) is 22.2 Å². The highest BCUT2D eigenvalue weighted by Crippen LogP contribution is 2.25. The monoisotopic (exact) mass is 421 g/mol. The zero-order valence-corrected chi connectivity index (χ0v) is 18.0. The molecule has 0 aliphatic rings. The van der Waals surface area contributed by atoms with Crippen molar-refractivity contribution in [2.45, 2.75) is 40.3 Å². The maximum absolute atomic E-state index is 12.7. The molecule has 1 N–H and O–H groups in total. The van der Waals surface area contributed by atoms with E-state index >= 15 is 0 Å². The van der Waals surface area contributed by atoms with E-state index in [-0.39, 0.29) is 17.9 Å². The third-order valence-corrected chi connectivity index (χ3v) is 6.37. The Labute approximate surface area is 178 Å². The van der Waals surface area contributed by atoms with Crippen LogP contribution in [-0.4, -0.2) is 25.0 Å². The Morgan fingerprint density at radius 3 is 2.57 bits per heavy atom. The largest absolute Gasteiger partial charge is 0.331 e. The average molecular weight is 422 g/mol. The molecular formula is C22H23N5O2S. The van der Waals surface area contributed by atoms with Gasteiger partial charge < -0.3 is 9.88 Å². The topological polar surface area (TPSA) is 81.8 Å². The van der Waals surface area contributed by atoms with Gasteiger partial charge in [0, 0.05) is 42.5 Å². The standard InChI is InChI=1S/C22H23N5O2S/c1-14-15(2)30-21-20(14)22(29)27(13-24-21)10-8-19(28)25-18-6-4-17(5-7-18)12-26-11-9-23-16(26)3/h4-7,9,11,13H,8,10,12H2,1-3H3,(H,25,28). The Kier molecular flexibility index (Phi) is 5.50. The maximum atomic E-state index is 12.7. The van der Waals surface area contributed by atoms with Crippen LogP contribution in [-0.2, 0) is 17.9 Å². The molecular weight excluding hydrogens is 398 g/mol. The molecule has 3 heterocycles. The van der Waals surface area contributed by atoms with Gasteiger partial charge in [-0.1, -0.05) is 12.1 Å².